The molecule has 0 radical (unpaired) electrons. The van der Waals surface area contributed by atoms with Crippen LogP contribution in [0.25, 0.3) is 0 Å². The Hall–Kier alpha value is -2.33. The van der Waals surface area contributed by atoms with Gasteiger partial charge >= 0.3 is 0 Å². The van der Waals surface area contributed by atoms with Crippen LogP contribution in [0.5, 0.6) is 0 Å². The molecule has 2 atom stereocenters. The number of carbonyl (C=O) groups excluding carboxylic acids is 2. The summed E-state index contributed by atoms with van der Waals surface area (Å²) in [4.78, 5) is 27.5. The van der Waals surface area contributed by atoms with Crippen molar-refractivity contribution in [1.29, 1.82) is 0 Å². The number of carbonyl (C=O) groups is 2. The van der Waals surface area contributed by atoms with Crippen LogP contribution < -0.4 is 5.32 Å². The highest BCUT2D eigenvalue weighted by molar-refractivity contribution is 6.30. The largest absolute Gasteiger partial charge is 0.352 e. The van der Waals surface area contributed by atoms with Crippen molar-refractivity contribution < 1.29 is 9.59 Å². The van der Waals surface area contributed by atoms with E-state index in [9.17, 15) is 9.59 Å². The minimum absolute atomic E-state index is 0.0683. The van der Waals surface area contributed by atoms with E-state index in [1.165, 1.54) is 0 Å². The Labute approximate surface area is 172 Å². The van der Waals surface area contributed by atoms with Crippen LogP contribution in [0.2, 0.25) is 5.02 Å². The van der Waals surface area contributed by atoms with Gasteiger partial charge in [-0.1, -0.05) is 54.9 Å². The van der Waals surface area contributed by atoms with Crippen LogP contribution in [0.15, 0.2) is 48.5 Å². The Morgan fingerprint density at radius 3 is 2.32 bits per heavy atom. The zero-order valence-corrected chi connectivity index (χ0v) is 17.8. The van der Waals surface area contributed by atoms with Gasteiger partial charge in [-0.3, -0.25) is 9.59 Å². The van der Waals surface area contributed by atoms with Gasteiger partial charge in [0.2, 0.25) is 11.8 Å². The van der Waals surface area contributed by atoms with E-state index in [0.29, 0.717) is 11.6 Å². The van der Waals surface area contributed by atoms with Crippen LogP contribution in [-0.2, 0) is 22.6 Å². The maximum absolute atomic E-state index is 13.2. The fourth-order valence-corrected chi connectivity index (χ4v) is 3.03. The van der Waals surface area contributed by atoms with Gasteiger partial charge in [-0.05, 0) is 56.0 Å². The van der Waals surface area contributed by atoms with Crippen LogP contribution >= 0.6 is 11.6 Å². The van der Waals surface area contributed by atoms with Crippen molar-refractivity contribution in [1.82, 2.24) is 10.2 Å². The molecular formula is C23H29ClN2O2. The van der Waals surface area contributed by atoms with Gasteiger partial charge in [-0.15, -0.1) is 0 Å². The molecule has 0 aliphatic heterocycles. The molecule has 0 spiro atoms. The van der Waals surface area contributed by atoms with E-state index >= 15 is 0 Å². The van der Waals surface area contributed by atoms with Gasteiger partial charge in [0.1, 0.15) is 6.04 Å². The Morgan fingerprint density at radius 1 is 1.07 bits per heavy atom. The molecule has 5 heteroatoms. The number of benzene rings is 2. The smallest absolute Gasteiger partial charge is 0.242 e. The molecule has 0 saturated carbocycles. The lowest BCUT2D eigenvalue weighted by atomic mass is 10.0. The molecule has 150 valence electrons. The van der Waals surface area contributed by atoms with Crippen molar-refractivity contribution in [2.24, 2.45) is 0 Å². The summed E-state index contributed by atoms with van der Waals surface area (Å²) in [7, 11) is 0. The molecule has 2 aromatic rings. The number of hydrogen-bond donors (Lipinski definition) is 1. The van der Waals surface area contributed by atoms with Gasteiger partial charge in [-0.25, -0.2) is 0 Å². The summed E-state index contributed by atoms with van der Waals surface area (Å²) in [6.07, 6.45) is 1.11. The highest BCUT2D eigenvalue weighted by Gasteiger charge is 2.27. The number of hydrogen-bond acceptors (Lipinski definition) is 2. The number of nitrogens with one attached hydrogen (secondary N) is 1. The average molecular weight is 401 g/mol. The Morgan fingerprint density at radius 2 is 1.71 bits per heavy atom. The summed E-state index contributed by atoms with van der Waals surface area (Å²) in [5.41, 5.74) is 2.98. The lowest BCUT2D eigenvalue weighted by Crippen LogP contribution is -2.49. The lowest BCUT2D eigenvalue weighted by Gasteiger charge is -2.30. The number of nitrogens with zero attached hydrogens (tertiary/aromatic N) is 1. The third-order valence-electron chi connectivity index (χ3n) is 5.04. The maximum Gasteiger partial charge on any atom is 0.242 e. The van der Waals surface area contributed by atoms with Crippen molar-refractivity contribution in [3.05, 3.63) is 70.2 Å². The van der Waals surface area contributed by atoms with Crippen LogP contribution in [-0.4, -0.2) is 28.8 Å². The van der Waals surface area contributed by atoms with Gasteiger partial charge < -0.3 is 10.2 Å². The highest BCUT2D eigenvalue weighted by Crippen LogP contribution is 2.16. The van der Waals surface area contributed by atoms with E-state index in [-0.39, 0.29) is 24.3 Å². The van der Waals surface area contributed by atoms with E-state index in [2.05, 4.69) is 5.32 Å². The Balaban J connectivity index is 2.23. The normalized spacial score (nSPS) is 12.9. The minimum Gasteiger partial charge on any atom is -0.352 e. The maximum atomic E-state index is 13.2. The minimum atomic E-state index is -0.568. The predicted octanol–water partition coefficient (Wildman–Crippen LogP) is 4.52. The Kier molecular flexibility index (Phi) is 8.06. The van der Waals surface area contributed by atoms with Crippen molar-refractivity contribution >= 4 is 23.4 Å². The zero-order valence-electron chi connectivity index (χ0n) is 17.0. The molecule has 2 aromatic carbocycles. The summed E-state index contributed by atoms with van der Waals surface area (Å²) in [5, 5.41) is 3.62. The van der Waals surface area contributed by atoms with Gasteiger partial charge in [0.15, 0.2) is 0 Å². The second-order valence-electron chi connectivity index (χ2n) is 7.25. The van der Waals surface area contributed by atoms with Crippen LogP contribution in [0, 0.1) is 6.92 Å². The third-order valence-corrected chi connectivity index (χ3v) is 5.29. The molecule has 2 rings (SSSR count). The first-order valence-electron chi connectivity index (χ1n) is 9.70. The molecule has 2 amide bonds. The van der Waals surface area contributed by atoms with Gasteiger partial charge in [0.25, 0.3) is 0 Å². The SMILES string of the molecule is CC[C@H](C)NC(=O)[C@H](C)N(Cc1ccc(Cl)cc1)C(=O)Cc1ccccc1C. The lowest BCUT2D eigenvalue weighted by molar-refractivity contribution is -0.140. The highest BCUT2D eigenvalue weighted by atomic mass is 35.5. The molecule has 1 N–H and O–H groups in total. The molecule has 0 bridgehead atoms. The van der Waals surface area contributed by atoms with E-state index < -0.39 is 6.04 Å². The first kappa shape index (κ1) is 22.0. The second-order valence-corrected chi connectivity index (χ2v) is 7.68. The average Bonchev–Trinajstić information content (AvgIpc) is 2.68. The fourth-order valence-electron chi connectivity index (χ4n) is 2.91. The van der Waals surface area contributed by atoms with Crippen LogP contribution in [0.4, 0.5) is 0 Å². The summed E-state index contributed by atoms with van der Waals surface area (Å²) in [6, 6.07) is 14.7. The van der Waals surface area contributed by atoms with Crippen molar-refractivity contribution in [3.8, 4) is 0 Å². The van der Waals surface area contributed by atoms with Gasteiger partial charge in [0, 0.05) is 17.6 Å². The van der Waals surface area contributed by atoms with E-state index in [0.717, 1.165) is 23.1 Å². The van der Waals surface area contributed by atoms with Crippen LogP contribution in [0.1, 0.15) is 43.9 Å². The van der Waals surface area contributed by atoms with E-state index in [1.807, 2.05) is 57.2 Å². The zero-order chi connectivity index (χ0) is 20.7. The molecule has 0 aliphatic carbocycles. The molecule has 0 fully saturated rings. The topological polar surface area (TPSA) is 49.4 Å². The summed E-state index contributed by atoms with van der Waals surface area (Å²) in [6.45, 7) is 8.11. The summed E-state index contributed by atoms with van der Waals surface area (Å²) < 4.78 is 0. The molecule has 0 heterocycles. The fraction of sp³-hybridized carbons (Fsp3) is 0.391. The molecule has 0 saturated heterocycles. The number of aryl methyl sites for hydroxylation is 1. The number of amides is 2. The molecule has 4 nitrogen and oxygen atoms in total. The van der Waals surface area contributed by atoms with Crippen molar-refractivity contribution in [2.75, 3.05) is 0 Å². The number of halogens is 1. The number of rotatable bonds is 8. The van der Waals surface area contributed by atoms with E-state index in [1.54, 1.807) is 24.0 Å². The third kappa shape index (κ3) is 6.10. The summed E-state index contributed by atoms with van der Waals surface area (Å²) >= 11 is 5.98. The molecular weight excluding hydrogens is 372 g/mol. The van der Waals surface area contributed by atoms with Gasteiger partial charge in [0.05, 0.1) is 6.42 Å². The summed E-state index contributed by atoms with van der Waals surface area (Å²) in [5.74, 6) is -0.211. The quantitative estimate of drug-likeness (QED) is 0.708. The van der Waals surface area contributed by atoms with Crippen LogP contribution in [0.3, 0.4) is 0 Å². The van der Waals surface area contributed by atoms with E-state index in [4.69, 9.17) is 11.6 Å². The second kappa shape index (κ2) is 10.3. The Bertz CT molecular complexity index is 805. The standard InChI is InChI=1S/C23H29ClN2O2/c1-5-17(3)25-23(28)18(4)26(15-19-10-12-21(24)13-11-19)22(27)14-20-9-7-6-8-16(20)2/h6-13,17-18H,5,14-15H2,1-4H3,(H,25,28)/t17-,18-/m0/s1. The molecule has 0 unspecified atom stereocenters. The van der Waals surface area contributed by atoms with Crippen molar-refractivity contribution in [3.63, 3.8) is 0 Å². The monoisotopic (exact) mass is 400 g/mol. The van der Waals surface area contributed by atoms with Gasteiger partial charge in [-0.2, -0.15) is 0 Å². The molecule has 0 aromatic heterocycles. The molecule has 0 aliphatic rings. The first-order chi connectivity index (χ1) is 13.3. The molecule has 28 heavy (non-hydrogen) atoms. The first-order valence-corrected chi connectivity index (χ1v) is 10.1. The predicted molar refractivity (Wildman–Crippen MR) is 114 cm³/mol. The van der Waals surface area contributed by atoms with Crippen molar-refractivity contribution in [2.45, 2.75) is 59.2 Å².